The molecular weight excluding hydrogens is 428 g/mol. The summed E-state index contributed by atoms with van der Waals surface area (Å²) in [6.45, 7) is 7.67. The van der Waals surface area contributed by atoms with Gasteiger partial charge in [0, 0.05) is 24.4 Å². The van der Waals surface area contributed by atoms with Crippen LogP contribution in [0.5, 0.6) is 5.75 Å². The number of guanidine groups is 1. The van der Waals surface area contributed by atoms with Gasteiger partial charge in [-0.15, -0.1) is 24.0 Å². The van der Waals surface area contributed by atoms with Crippen LogP contribution in [-0.4, -0.2) is 43.2 Å². The molecule has 0 heterocycles. The Kier molecular flexibility index (Phi) is 10.6. The average molecular weight is 455 g/mol. The van der Waals surface area contributed by atoms with Gasteiger partial charge >= 0.3 is 0 Å². The summed E-state index contributed by atoms with van der Waals surface area (Å²) in [6.07, 6.45) is 1.99. The summed E-state index contributed by atoms with van der Waals surface area (Å²) in [6, 6.07) is 6.16. The largest absolute Gasteiger partial charge is 0.489 e. The first-order valence-electron chi connectivity index (χ1n) is 7.28. The summed E-state index contributed by atoms with van der Waals surface area (Å²) in [5.74, 6) is 0.965. The summed E-state index contributed by atoms with van der Waals surface area (Å²) in [7, 11) is 1.74. The molecule has 0 aromatic heterocycles. The lowest BCUT2D eigenvalue weighted by molar-refractivity contribution is 0.223. The van der Waals surface area contributed by atoms with E-state index < -0.39 is 0 Å². The lowest BCUT2D eigenvalue weighted by Gasteiger charge is -2.24. The number of nitrogens with zero attached hydrogens (tertiary/aromatic N) is 1. The van der Waals surface area contributed by atoms with E-state index in [0.717, 1.165) is 12.5 Å². The minimum Gasteiger partial charge on any atom is -0.489 e. The van der Waals surface area contributed by atoms with Gasteiger partial charge < -0.3 is 15.4 Å². The van der Waals surface area contributed by atoms with E-state index in [1.165, 1.54) is 12.1 Å². The third-order valence-electron chi connectivity index (χ3n) is 3.15. The molecule has 4 nitrogen and oxygen atoms in total. The highest BCUT2D eigenvalue weighted by atomic mass is 127. The third kappa shape index (κ3) is 9.24. The van der Waals surface area contributed by atoms with Gasteiger partial charge in [-0.25, -0.2) is 4.39 Å². The molecule has 0 aliphatic heterocycles. The van der Waals surface area contributed by atoms with Crippen LogP contribution in [0.1, 0.15) is 20.8 Å². The summed E-state index contributed by atoms with van der Waals surface area (Å²) >= 11 is 1.80. The molecule has 132 valence electrons. The first kappa shape index (κ1) is 22.3. The van der Waals surface area contributed by atoms with Crippen molar-refractivity contribution in [2.75, 3.05) is 26.4 Å². The van der Waals surface area contributed by atoms with Gasteiger partial charge in [0.15, 0.2) is 5.96 Å². The standard InChI is InChI=1S/C16H26FN3OS.HI/c1-12(21-14-8-6-7-13(17)9-14)10-19-15(18-4)20-11-16(2,3)22-5;/h6-9,12H,10-11H2,1-5H3,(H2,18,19,20);1H. The second-order valence-corrected chi connectivity index (χ2v) is 7.17. The van der Waals surface area contributed by atoms with Gasteiger partial charge in [-0.2, -0.15) is 11.8 Å². The van der Waals surface area contributed by atoms with E-state index >= 15 is 0 Å². The Morgan fingerprint density at radius 3 is 2.65 bits per heavy atom. The molecule has 0 aliphatic rings. The van der Waals surface area contributed by atoms with Gasteiger partial charge in [-0.3, -0.25) is 4.99 Å². The summed E-state index contributed by atoms with van der Waals surface area (Å²) in [4.78, 5) is 4.19. The number of hydrogen-bond acceptors (Lipinski definition) is 3. The molecule has 1 atom stereocenters. The fourth-order valence-electron chi connectivity index (χ4n) is 1.64. The zero-order valence-corrected chi connectivity index (χ0v) is 17.5. The highest BCUT2D eigenvalue weighted by Crippen LogP contribution is 2.19. The molecule has 23 heavy (non-hydrogen) atoms. The van der Waals surface area contributed by atoms with Crippen molar-refractivity contribution in [1.82, 2.24) is 10.6 Å². The number of ether oxygens (including phenoxy) is 1. The summed E-state index contributed by atoms with van der Waals surface area (Å²) < 4.78 is 18.9. The van der Waals surface area contributed by atoms with Crippen LogP contribution < -0.4 is 15.4 Å². The lowest BCUT2D eigenvalue weighted by atomic mass is 10.2. The van der Waals surface area contributed by atoms with Crippen LogP contribution in [0, 0.1) is 5.82 Å². The molecule has 7 heteroatoms. The maximum atomic E-state index is 13.1. The van der Waals surface area contributed by atoms with Gasteiger partial charge in [-0.05, 0) is 39.2 Å². The molecule has 0 saturated carbocycles. The zero-order chi connectivity index (χ0) is 16.6. The summed E-state index contributed by atoms with van der Waals surface area (Å²) in [5, 5.41) is 6.50. The number of halogens is 2. The topological polar surface area (TPSA) is 45.7 Å². The van der Waals surface area contributed by atoms with E-state index in [2.05, 4.69) is 35.7 Å². The predicted molar refractivity (Wildman–Crippen MR) is 109 cm³/mol. The first-order valence-corrected chi connectivity index (χ1v) is 8.50. The highest BCUT2D eigenvalue weighted by Gasteiger charge is 2.16. The number of benzene rings is 1. The Bertz CT molecular complexity index is 500. The van der Waals surface area contributed by atoms with Gasteiger partial charge in [0.25, 0.3) is 0 Å². The Hall–Kier alpha value is -0.700. The molecule has 0 aliphatic carbocycles. The SMILES string of the molecule is CN=C(NCC(C)Oc1cccc(F)c1)NCC(C)(C)SC.I. The van der Waals surface area contributed by atoms with Crippen LogP contribution >= 0.6 is 35.7 Å². The predicted octanol–water partition coefficient (Wildman–Crippen LogP) is 3.52. The van der Waals surface area contributed by atoms with Crippen molar-refractivity contribution in [3.05, 3.63) is 30.1 Å². The fraction of sp³-hybridized carbons (Fsp3) is 0.562. The van der Waals surface area contributed by atoms with Crippen molar-refractivity contribution in [3.8, 4) is 5.75 Å². The third-order valence-corrected chi connectivity index (χ3v) is 4.40. The van der Waals surface area contributed by atoms with Crippen molar-refractivity contribution >= 4 is 41.7 Å². The quantitative estimate of drug-likeness (QED) is 0.375. The Morgan fingerprint density at radius 2 is 2.09 bits per heavy atom. The molecule has 1 rings (SSSR count). The van der Waals surface area contributed by atoms with E-state index in [1.807, 2.05) is 6.92 Å². The van der Waals surface area contributed by atoms with E-state index in [1.54, 1.807) is 30.9 Å². The minimum absolute atomic E-state index is 0. The molecule has 1 aromatic rings. The highest BCUT2D eigenvalue weighted by molar-refractivity contribution is 14.0. The normalized spacial score (nSPS) is 13.0. The van der Waals surface area contributed by atoms with Crippen molar-refractivity contribution in [3.63, 3.8) is 0 Å². The van der Waals surface area contributed by atoms with E-state index in [9.17, 15) is 4.39 Å². The Balaban J connectivity index is 0.00000484. The minimum atomic E-state index is -0.297. The van der Waals surface area contributed by atoms with Crippen LogP contribution in [0.2, 0.25) is 0 Å². The number of thioether (sulfide) groups is 1. The van der Waals surface area contributed by atoms with E-state index in [0.29, 0.717) is 12.3 Å². The van der Waals surface area contributed by atoms with Crippen LogP contribution in [0.4, 0.5) is 4.39 Å². The smallest absolute Gasteiger partial charge is 0.191 e. The number of nitrogens with one attached hydrogen (secondary N) is 2. The van der Waals surface area contributed by atoms with E-state index in [-0.39, 0.29) is 40.6 Å². The number of aliphatic imine (C=N–C) groups is 1. The molecule has 0 bridgehead atoms. The molecule has 0 radical (unpaired) electrons. The number of hydrogen-bond donors (Lipinski definition) is 2. The van der Waals surface area contributed by atoms with Crippen LogP contribution in [0.25, 0.3) is 0 Å². The van der Waals surface area contributed by atoms with Crippen LogP contribution in [0.15, 0.2) is 29.3 Å². The second kappa shape index (κ2) is 11.0. The van der Waals surface area contributed by atoms with Crippen molar-refractivity contribution in [2.45, 2.75) is 31.6 Å². The molecule has 2 N–H and O–H groups in total. The van der Waals surface area contributed by atoms with Gasteiger partial charge in [-0.1, -0.05) is 6.07 Å². The molecule has 0 fully saturated rings. The molecule has 1 unspecified atom stereocenters. The lowest BCUT2D eigenvalue weighted by Crippen LogP contribution is -2.45. The summed E-state index contributed by atoms with van der Waals surface area (Å²) in [5.41, 5.74) is 0. The van der Waals surface area contributed by atoms with Crippen molar-refractivity contribution < 1.29 is 9.13 Å². The second-order valence-electron chi connectivity index (χ2n) is 5.66. The van der Waals surface area contributed by atoms with Crippen molar-refractivity contribution in [1.29, 1.82) is 0 Å². The maximum Gasteiger partial charge on any atom is 0.191 e. The number of rotatable bonds is 7. The van der Waals surface area contributed by atoms with Gasteiger partial charge in [0.2, 0.25) is 0 Å². The molecule has 0 saturated heterocycles. The fourth-order valence-corrected chi connectivity index (χ4v) is 1.86. The molecule has 1 aromatic carbocycles. The van der Waals surface area contributed by atoms with Gasteiger partial charge in [0.1, 0.15) is 17.7 Å². The van der Waals surface area contributed by atoms with Crippen LogP contribution in [-0.2, 0) is 0 Å². The zero-order valence-electron chi connectivity index (χ0n) is 14.4. The Labute approximate surface area is 160 Å². The first-order chi connectivity index (χ1) is 10.4. The maximum absolute atomic E-state index is 13.1. The van der Waals surface area contributed by atoms with E-state index in [4.69, 9.17) is 4.74 Å². The molecule has 0 spiro atoms. The molecular formula is C16H27FIN3OS. The Morgan fingerprint density at radius 1 is 1.39 bits per heavy atom. The van der Waals surface area contributed by atoms with Crippen LogP contribution in [0.3, 0.4) is 0 Å². The monoisotopic (exact) mass is 455 g/mol. The van der Waals surface area contributed by atoms with Gasteiger partial charge in [0.05, 0.1) is 6.54 Å². The van der Waals surface area contributed by atoms with Crippen molar-refractivity contribution in [2.24, 2.45) is 4.99 Å². The molecule has 0 amide bonds. The average Bonchev–Trinajstić information content (AvgIpc) is 2.47.